The van der Waals surface area contributed by atoms with Crippen molar-refractivity contribution in [3.63, 3.8) is 0 Å². The Morgan fingerprint density at radius 3 is 1.63 bits per heavy atom. The molecule has 0 atom stereocenters. The van der Waals surface area contributed by atoms with Crippen molar-refractivity contribution < 1.29 is 39.5 Å². The van der Waals surface area contributed by atoms with Gasteiger partial charge in [-0.25, -0.2) is 0 Å². The third-order valence-electron chi connectivity index (χ3n) is 2.07. The van der Waals surface area contributed by atoms with Gasteiger partial charge >= 0.3 is 23.9 Å². The van der Waals surface area contributed by atoms with E-state index < -0.39 is 29.5 Å². The first-order valence-electron chi connectivity index (χ1n) is 4.20. The fourth-order valence-electron chi connectivity index (χ4n) is 1.03. The standard InChI is InChI=1S/C8H2BrF9S/c9-4-1-3(2-19-4)5(10,11)6(12,13)7(14,15)8(16,17)18/h1-2H. The first-order valence-corrected chi connectivity index (χ1v) is 5.87. The average Bonchev–Trinajstić information content (AvgIpc) is 2.63. The van der Waals surface area contributed by atoms with Gasteiger partial charge in [0.15, 0.2) is 0 Å². The van der Waals surface area contributed by atoms with Crippen molar-refractivity contribution in [2.75, 3.05) is 0 Å². The minimum atomic E-state index is -6.86. The minimum absolute atomic E-state index is 0.117. The van der Waals surface area contributed by atoms with Gasteiger partial charge in [-0.15, -0.1) is 11.3 Å². The van der Waals surface area contributed by atoms with Crippen molar-refractivity contribution in [2.24, 2.45) is 0 Å². The molecule has 0 saturated carbocycles. The van der Waals surface area contributed by atoms with Crippen LogP contribution < -0.4 is 0 Å². The lowest BCUT2D eigenvalue weighted by molar-refractivity contribution is -0.399. The summed E-state index contributed by atoms with van der Waals surface area (Å²) in [7, 11) is 0. The smallest absolute Gasteiger partial charge is 0.194 e. The highest BCUT2D eigenvalue weighted by Gasteiger charge is 2.82. The summed E-state index contributed by atoms with van der Waals surface area (Å²) >= 11 is 3.05. The molecule has 11 heteroatoms. The zero-order valence-corrected chi connectivity index (χ0v) is 10.7. The second kappa shape index (κ2) is 4.54. The maximum absolute atomic E-state index is 13.2. The van der Waals surface area contributed by atoms with Gasteiger partial charge in [-0.05, 0) is 22.0 Å². The zero-order valence-electron chi connectivity index (χ0n) is 8.34. The first kappa shape index (κ1) is 16.6. The van der Waals surface area contributed by atoms with Crippen molar-refractivity contribution in [1.82, 2.24) is 0 Å². The Hall–Kier alpha value is -0.450. The van der Waals surface area contributed by atoms with Crippen molar-refractivity contribution in [2.45, 2.75) is 23.9 Å². The number of hydrogen-bond acceptors (Lipinski definition) is 1. The van der Waals surface area contributed by atoms with Gasteiger partial charge in [-0.3, -0.25) is 0 Å². The molecule has 0 unspecified atom stereocenters. The van der Waals surface area contributed by atoms with E-state index >= 15 is 0 Å². The molecule has 19 heavy (non-hydrogen) atoms. The van der Waals surface area contributed by atoms with Gasteiger partial charge in [-0.1, -0.05) is 0 Å². The van der Waals surface area contributed by atoms with Crippen molar-refractivity contribution in [3.8, 4) is 0 Å². The Bertz CT molecular complexity index is 461. The van der Waals surface area contributed by atoms with E-state index in [1.807, 2.05) is 0 Å². The molecule has 0 N–H and O–H groups in total. The molecule has 0 aliphatic heterocycles. The fourth-order valence-corrected chi connectivity index (χ4v) is 2.21. The number of alkyl halides is 9. The highest BCUT2D eigenvalue weighted by atomic mass is 79.9. The fraction of sp³-hybridized carbons (Fsp3) is 0.500. The predicted octanol–water partition coefficient (Wildman–Crippen LogP) is 5.44. The Morgan fingerprint density at radius 1 is 0.842 bits per heavy atom. The van der Waals surface area contributed by atoms with Gasteiger partial charge in [0.25, 0.3) is 0 Å². The molecule has 1 aromatic heterocycles. The third kappa shape index (κ3) is 2.46. The summed E-state index contributed by atoms with van der Waals surface area (Å²) in [5, 5.41) is 0.366. The van der Waals surface area contributed by atoms with Gasteiger partial charge < -0.3 is 0 Å². The van der Waals surface area contributed by atoms with Crippen LogP contribution in [-0.4, -0.2) is 18.0 Å². The highest BCUT2D eigenvalue weighted by Crippen LogP contribution is 2.57. The van der Waals surface area contributed by atoms with Crippen LogP contribution in [0.15, 0.2) is 15.2 Å². The second-order valence-electron chi connectivity index (χ2n) is 3.36. The zero-order chi connectivity index (χ0) is 15.3. The molecule has 0 radical (unpaired) electrons. The summed E-state index contributed by atoms with van der Waals surface area (Å²) in [6.45, 7) is 0. The molecule has 110 valence electrons. The van der Waals surface area contributed by atoms with Crippen LogP contribution in [0.2, 0.25) is 0 Å². The average molecular weight is 381 g/mol. The Balaban J connectivity index is 3.33. The third-order valence-corrected chi connectivity index (χ3v) is 3.58. The SMILES string of the molecule is FC(F)(F)C(F)(F)C(F)(F)C(F)(F)c1csc(Br)c1. The van der Waals surface area contributed by atoms with Crippen molar-refractivity contribution in [3.05, 3.63) is 20.8 Å². The molecule has 0 amide bonds. The van der Waals surface area contributed by atoms with E-state index in [9.17, 15) is 39.5 Å². The molecule has 1 rings (SSSR count). The number of hydrogen-bond donors (Lipinski definition) is 0. The molecular formula is C8H2BrF9S. The van der Waals surface area contributed by atoms with Crippen LogP contribution in [0.25, 0.3) is 0 Å². The summed E-state index contributed by atoms with van der Waals surface area (Å²) in [6.07, 6.45) is -6.80. The van der Waals surface area contributed by atoms with Crippen LogP contribution >= 0.6 is 27.3 Å². The van der Waals surface area contributed by atoms with Crippen LogP contribution in [0.5, 0.6) is 0 Å². The van der Waals surface area contributed by atoms with Gasteiger partial charge in [-0.2, -0.15) is 39.5 Å². The van der Waals surface area contributed by atoms with E-state index in [1.165, 1.54) is 0 Å². The maximum atomic E-state index is 13.2. The molecular weight excluding hydrogens is 379 g/mol. The summed E-state index contributed by atoms with van der Waals surface area (Å²) in [6, 6.07) is 0.352. The molecule has 0 spiro atoms. The van der Waals surface area contributed by atoms with Crippen LogP contribution in [0.1, 0.15) is 5.56 Å². The van der Waals surface area contributed by atoms with Crippen molar-refractivity contribution >= 4 is 27.3 Å². The van der Waals surface area contributed by atoms with E-state index in [1.54, 1.807) is 0 Å². The summed E-state index contributed by atoms with van der Waals surface area (Å²) in [4.78, 5) is 0. The summed E-state index contributed by atoms with van der Waals surface area (Å²) in [5.74, 6) is -19.1. The lowest BCUT2D eigenvalue weighted by atomic mass is 9.99. The molecule has 0 aromatic carbocycles. The number of rotatable bonds is 3. The van der Waals surface area contributed by atoms with Crippen LogP contribution in [0.3, 0.4) is 0 Å². The van der Waals surface area contributed by atoms with E-state index in [4.69, 9.17) is 0 Å². The normalized spacial score (nSPS) is 14.8. The van der Waals surface area contributed by atoms with E-state index in [2.05, 4.69) is 15.9 Å². The molecule has 1 aromatic rings. The topological polar surface area (TPSA) is 0 Å². The second-order valence-corrected chi connectivity index (χ2v) is 5.65. The van der Waals surface area contributed by atoms with Gasteiger partial charge in [0, 0.05) is 10.9 Å². The number of thiophene rings is 1. The molecule has 0 aliphatic rings. The summed E-state index contributed by atoms with van der Waals surface area (Å²) in [5.41, 5.74) is -1.63. The molecule has 1 heterocycles. The van der Waals surface area contributed by atoms with Crippen molar-refractivity contribution in [1.29, 1.82) is 0 Å². The molecule has 0 nitrogen and oxygen atoms in total. The minimum Gasteiger partial charge on any atom is -0.194 e. The van der Waals surface area contributed by atoms with E-state index in [0.29, 0.717) is 22.8 Å². The lowest BCUT2D eigenvalue weighted by Crippen LogP contribution is -2.59. The monoisotopic (exact) mass is 380 g/mol. The lowest BCUT2D eigenvalue weighted by Gasteiger charge is -2.33. The summed E-state index contributed by atoms with van der Waals surface area (Å²) < 4.78 is 113. The van der Waals surface area contributed by atoms with Gasteiger partial charge in [0.1, 0.15) is 0 Å². The van der Waals surface area contributed by atoms with Crippen LogP contribution in [0.4, 0.5) is 39.5 Å². The first-order chi connectivity index (χ1) is 8.25. The Kier molecular flexibility index (Phi) is 3.96. The predicted molar refractivity (Wildman–Crippen MR) is 51.9 cm³/mol. The number of halogens is 10. The van der Waals surface area contributed by atoms with Crippen LogP contribution in [0, 0.1) is 0 Å². The van der Waals surface area contributed by atoms with E-state index in [0.717, 1.165) is 0 Å². The maximum Gasteiger partial charge on any atom is 0.460 e. The van der Waals surface area contributed by atoms with Gasteiger partial charge in [0.05, 0.1) is 3.79 Å². The van der Waals surface area contributed by atoms with E-state index in [-0.39, 0.29) is 3.79 Å². The molecule has 0 fully saturated rings. The van der Waals surface area contributed by atoms with Crippen LogP contribution in [-0.2, 0) is 5.92 Å². The van der Waals surface area contributed by atoms with Gasteiger partial charge in [0.2, 0.25) is 0 Å². The molecule has 0 saturated heterocycles. The highest BCUT2D eigenvalue weighted by molar-refractivity contribution is 9.11. The quantitative estimate of drug-likeness (QED) is 0.613. The molecule has 0 aliphatic carbocycles. The largest absolute Gasteiger partial charge is 0.460 e. The molecule has 0 bridgehead atoms. The Labute approximate surface area is 112 Å². The Morgan fingerprint density at radius 2 is 1.32 bits per heavy atom.